The number of hydrogen-bond acceptors (Lipinski definition) is 4. The summed E-state index contributed by atoms with van der Waals surface area (Å²) in [5.74, 6) is -1.54. The molecule has 0 atom stereocenters. The van der Waals surface area contributed by atoms with Crippen LogP contribution in [-0.4, -0.2) is 40.8 Å². The van der Waals surface area contributed by atoms with Gasteiger partial charge >= 0.3 is 0 Å². The van der Waals surface area contributed by atoms with Crippen molar-refractivity contribution >= 4 is 39.3 Å². The maximum Gasteiger partial charge on any atom is 0.272 e. The lowest BCUT2D eigenvalue weighted by Crippen LogP contribution is -2.40. The monoisotopic (exact) mass is 465 g/mol. The Morgan fingerprint density at radius 2 is 1.90 bits per heavy atom. The van der Waals surface area contributed by atoms with Crippen LogP contribution in [-0.2, 0) is 4.79 Å². The molecule has 2 aromatic rings. The number of carbonyl (C=O) groups is 3. The number of halogens is 2. The van der Waals surface area contributed by atoms with Gasteiger partial charge in [-0.25, -0.2) is 9.37 Å². The molecule has 154 valence electrons. The molecule has 0 aliphatic heterocycles. The van der Waals surface area contributed by atoms with Crippen LogP contribution in [0, 0.1) is 11.7 Å². The van der Waals surface area contributed by atoms with Crippen molar-refractivity contribution < 1.29 is 18.8 Å². The molecular weight excluding hydrogens is 445 g/mol. The van der Waals surface area contributed by atoms with Crippen LogP contribution >= 0.6 is 15.9 Å². The minimum atomic E-state index is -0.423. The number of aromatic nitrogens is 2. The van der Waals surface area contributed by atoms with Gasteiger partial charge in [-0.3, -0.25) is 14.4 Å². The van der Waals surface area contributed by atoms with Gasteiger partial charge in [0.25, 0.3) is 11.8 Å². The number of rotatable bonds is 5. The summed E-state index contributed by atoms with van der Waals surface area (Å²) in [4.78, 5) is 43.3. The van der Waals surface area contributed by atoms with Crippen molar-refractivity contribution in [3.8, 4) is 0 Å². The Balaban J connectivity index is 1.52. The number of aromatic amines is 1. The minimum Gasteiger partial charge on any atom is -0.354 e. The molecule has 3 amide bonds. The standard InChI is InChI=1S/C19H21BrFN5O3/c1-22-18(28)15-16(24-9-23-15)19(29)25-12-5-2-10(3-6-12)17(27)26-14-7-4-11(21)8-13(14)20/h4,7-10,12H,2-3,5-6H2,1H3,(H,22,28)(H,23,24)(H,25,29)(H,26,27). The summed E-state index contributed by atoms with van der Waals surface area (Å²) in [6.45, 7) is 0. The molecule has 1 aliphatic carbocycles. The fourth-order valence-corrected chi connectivity index (χ4v) is 3.79. The molecule has 1 saturated carbocycles. The Bertz CT molecular complexity index is 924. The Morgan fingerprint density at radius 3 is 2.55 bits per heavy atom. The van der Waals surface area contributed by atoms with E-state index >= 15 is 0 Å². The number of anilines is 1. The first kappa shape index (κ1) is 21.0. The zero-order valence-corrected chi connectivity index (χ0v) is 17.3. The van der Waals surface area contributed by atoms with Crippen LogP contribution in [0.2, 0.25) is 0 Å². The average molecular weight is 466 g/mol. The smallest absolute Gasteiger partial charge is 0.272 e. The molecule has 29 heavy (non-hydrogen) atoms. The lowest BCUT2D eigenvalue weighted by Gasteiger charge is -2.28. The number of H-pyrrole nitrogens is 1. The van der Waals surface area contributed by atoms with Gasteiger partial charge in [0, 0.05) is 23.5 Å². The third-order valence-corrected chi connectivity index (χ3v) is 5.59. The van der Waals surface area contributed by atoms with Crippen LogP contribution in [0.5, 0.6) is 0 Å². The van der Waals surface area contributed by atoms with Gasteiger partial charge in [-0.1, -0.05) is 0 Å². The summed E-state index contributed by atoms with van der Waals surface area (Å²) < 4.78 is 13.7. The topological polar surface area (TPSA) is 116 Å². The quantitative estimate of drug-likeness (QED) is 0.542. The molecule has 1 aromatic carbocycles. The van der Waals surface area contributed by atoms with Gasteiger partial charge < -0.3 is 20.9 Å². The fraction of sp³-hybridized carbons (Fsp3) is 0.368. The molecule has 4 N–H and O–H groups in total. The van der Waals surface area contributed by atoms with Crippen molar-refractivity contribution in [2.75, 3.05) is 12.4 Å². The van der Waals surface area contributed by atoms with Crippen LogP contribution in [0.25, 0.3) is 0 Å². The highest BCUT2D eigenvalue weighted by Gasteiger charge is 2.29. The van der Waals surface area contributed by atoms with Gasteiger partial charge in [-0.05, 0) is 59.8 Å². The zero-order chi connectivity index (χ0) is 21.0. The van der Waals surface area contributed by atoms with E-state index in [1.165, 1.54) is 31.6 Å². The Kier molecular flexibility index (Phi) is 6.63. The lowest BCUT2D eigenvalue weighted by atomic mass is 9.85. The molecule has 0 radical (unpaired) electrons. The van der Waals surface area contributed by atoms with Crippen molar-refractivity contribution in [3.63, 3.8) is 0 Å². The van der Waals surface area contributed by atoms with E-state index in [0.717, 1.165) is 0 Å². The van der Waals surface area contributed by atoms with Gasteiger partial charge in [0.2, 0.25) is 5.91 Å². The van der Waals surface area contributed by atoms with E-state index in [2.05, 4.69) is 41.8 Å². The number of hydrogen-bond donors (Lipinski definition) is 4. The molecule has 0 unspecified atom stereocenters. The Labute approximate surface area is 175 Å². The van der Waals surface area contributed by atoms with Crippen molar-refractivity contribution in [1.82, 2.24) is 20.6 Å². The Hall–Kier alpha value is -2.75. The van der Waals surface area contributed by atoms with Crippen molar-refractivity contribution in [2.24, 2.45) is 5.92 Å². The zero-order valence-electron chi connectivity index (χ0n) is 15.7. The molecule has 0 bridgehead atoms. The Morgan fingerprint density at radius 1 is 1.17 bits per heavy atom. The highest BCUT2D eigenvalue weighted by molar-refractivity contribution is 9.10. The van der Waals surface area contributed by atoms with E-state index < -0.39 is 11.8 Å². The van der Waals surface area contributed by atoms with Crippen molar-refractivity contribution in [3.05, 3.63) is 46.2 Å². The summed E-state index contributed by atoms with van der Waals surface area (Å²) in [7, 11) is 1.47. The third-order valence-electron chi connectivity index (χ3n) is 4.93. The van der Waals surface area contributed by atoms with Crippen LogP contribution < -0.4 is 16.0 Å². The fourth-order valence-electron chi connectivity index (χ4n) is 3.34. The molecule has 3 rings (SSSR count). The number of carbonyl (C=O) groups excluding carboxylic acids is 3. The summed E-state index contributed by atoms with van der Waals surface area (Å²) in [5, 5.41) is 8.15. The summed E-state index contributed by atoms with van der Waals surface area (Å²) in [6.07, 6.45) is 3.79. The maximum absolute atomic E-state index is 13.2. The third kappa shape index (κ3) is 5.00. The molecule has 0 saturated heterocycles. The van der Waals surface area contributed by atoms with E-state index in [0.29, 0.717) is 35.8 Å². The number of nitrogens with one attached hydrogen (secondary N) is 4. The summed E-state index contributed by atoms with van der Waals surface area (Å²) in [6, 6.07) is 3.99. The predicted molar refractivity (Wildman–Crippen MR) is 108 cm³/mol. The molecule has 8 nitrogen and oxygen atoms in total. The molecular formula is C19H21BrFN5O3. The second-order valence-corrected chi connectivity index (χ2v) is 7.70. The second kappa shape index (κ2) is 9.17. The lowest BCUT2D eigenvalue weighted by molar-refractivity contribution is -0.120. The second-order valence-electron chi connectivity index (χ2n) is 6.84. The van der Waals surface area contributed by atoms with Gasteiger partial charge in [-0.15, -0.1) is 0 Å². The SMILES string of the molecule is CNC(=O)c1[nH]cnc1C(=O)NC1CCC(C(=O)Nc2ccc(F)cc2Br)CC1. The number of benzene rings is 1. The largest absolute Gasteiger partial charge is 0.354 e. The molecule has 10 heteroatoms. The van der Waals surface area contributed by atoms with Crippen molar-refractivity contribution in [1.29, 1.82) is 0 Å². The molecule has 0 spiro atoms. The molecule has 1 aliphatic rings. The first-order valence-electron chi connectivity index (χ1n) is 9.21. The maximum atomic E-state index is 13.2. The van der Waals surface area contributed by atoms with Crippen LogP contribution in [0.1, 0.15) is 46.7 Å². The van der Waals surface area contributed by atoms with Crippen LogP contribution in [0.15, 0.2) is 29.0 Å². The highest BCUT2D eigenvalue weighted by atomic mass is 79.9. The molecule has 1 heterocycles. The van der Waals surface area contributed by atoms with Gasteiger partial charge in [0.15, 0.2) is 5.69 Å². The number of nitrogens with zero attached hydrogens (tertiary/aromatic N) is 1. The predicted octanol–water partition coefficient (Wildman–Crippen LogP) is 2.60. The number of imidazole rings is 1. The summed E-state index contributed by atoms with van der Waals surface area (Å²) >= 11 is 3.24. The summed E-state index contributed by atoms with van der Waals surface area (Å²) in [5.41, 5.74) is 0.681. The first-order valence-corrected chi connectivity index (χ1v) is 10.0. The van der Waals surface area contributed by atoms with E-state index in [-0.39, 0.29) is 35.1 Å². The van der Waals surface area contributed by atoms with Crippen molar-refractivity contribution in [2.45, 2.75) is 31.7 Å². The minimum absolute atomic E-state index is 0.0466. The molecule has 1 fully saturated rings. The normalized spacial score (nSPS) is 18.7. The number of amides is 3. The van der Waals surface area contributed by atoms with E-state index in [4.69, 9.17) is 0 Å². The van der Waals surface area contributed by atoms with E-state index in [1.807, 2.05) is 0 Å². The van der Waals surface area contributed by atoms with Gasteiger partial charge in [0.1, 0.15) is 11.5 Å². The van der Waals surface area contributed by atoms with E-state index in [1.54, 1.807) is 0 Å². The van der Waals surface area contributed by atoms with Gasteiger partial charge in [-0.2, -0.15) is 0 Å². The highest BCUT2D eigenvalue weighted by Crippen LogP contribution is 2.28. The average Bonchev–Trinajstić information content (AvgIpc) is 3.20. The van der Waals surface area contributed by atoms with E-state index in [9.17, 15) is 18.8 Å². The van der Waals surface area contributed by atoms with Crippen LogP contribution in [0.3, 0.4) is 0 Å². The first-order chi connectivity index (χ1) is 13.9. The molecule has 1 aromatic heterocycles. The van der Waals surface area contributed by atoms with Crippen LogP contribution in [0.4, 0.5) is 10.1 Å². The van der Waals surface area contributed by atoms with Gasteiger partial charge in [0.05, 0.1) is 12.0 Å².